The molecule has 7 heteroatoms. The first-order valence-electron chi connectivity index (χ1n) is 6.68. The van der Waals surface area contributed by atoms with Gasteiger partial charge in [-0.15, -0.1) is 0 Å². The number of fused-ring (bicyclic) bond motifs is 1. The van der Waals surface area contributed by atoms with E-state index in [2.05, 4.69) is 10.1 Å². The zero-order chi connectivity index (χ0) is 14.8. The summed E-state index contributed by atoms with van der Waals surface area (Å²) in [6.07, 6.45) is 1.47. The molecule has 0 fully saturated rings. The minimum absolute atomic E-state index is 0.408. The van der Waals surface area contributed by atoms with E-state index < -0.39 is 12.0 Å². The van der Waals surface area contributed by atoms with Crippen LogP contribution in [0, 0.1) is 0 Å². The van der Waals surface area contributed by atoms with Gasteiger partial charge in [0, 0.05) is 19.2 Å². The molecule has 1 atom stereocenters. The maximum Gasteiger partial charge on any atom is 0.325 e. The number of aliphatic carboxylic acids is 1. The number of aromatic nitrogens is 3. The number of hydrogen-bond acceptors (Lipinski definition) is 5. The number of carbonyl (C=O) groups is 1. The van der Waals surface area contributed by atoms with Crippen LogP contribution < -0.4 is 4.74 Å². The van der Waals surface area contributed by atoms with Gasteiger partial charge in [-0.3, -0.25) is 14.4 Å². The van der Waals surface area contributed by atoms with Gasteiger partial charge in [0.15, 0.2) is 0 Å². The third kappa shape index (κ3) is 2.59. The second-order valence-electron chi connectivity index (χ2n) is 4.90. The molecule has 7 nitrogen and oxygen atoms in total. The highest BCUT2D eigenvalue weighted by Gasteiger charge is 2.32. The van der Waals surface area contributed by atoms with Crippen LogP contribution in [-0.4, -0.2) is 43.9 Å². The SMILES string of the molecule is Cn1ncnc1CN1CCOc2ccccc2C1C(=O)O. The van der Waals surface area contributed by atoms with Crippen LogP contribution in [-0.2, 0) is 18.4 Å². The third-order valence-corrected chi connectivity index (χ3v) is 3.60. The lowest BCUT2D eigenvalue weighted by Gasteiger charge is -2.25. The molecule has 0 saturated heterocycles. The lowest BCUT2D eigenvalue weighted by molar-refractivity contribution is -0.143. The largest absolute Gasteiger partial charge is 0.492 e. The molecular formula is C14H16N4O3. The summed E-state index contributed by atoms with van der Waals surface area (Å²) in [5.41, 5.74) is 0.671. The predicted molar refractivity (Wildman–Crippen MR) is 73.7 cm³/mol. The smallest absolute Gasteiger partial charge is 0.325 e. The van der Waals surface area contributed by atoms with Gasteiger partial charge in [-0.1, -0.05) is 18.2 Å². The number of nitrogens with zero attached hydrogens (tertiary/aromatic N) is 4. The molecule has 0 bridgehead atoms. The van der Waals surface area contributed by atoms with E-state index in [1.807, 2.05) is 17.0 Å². The highest BCUT2D eigenvalue weighted by atomic mass is 16.5. The van der Waals surface area contributed by atoms with Gasteiger partial charge in [0.2, 0.25) is 0 Å². The molecule has 1 aliphatic rings. The first kappa shape index (κ1) is 13.6. The minimum Gasteiger partial charge on any atom is -0.492 e. The Morgan fingerprint density at radius 3 is 3.00 bits per heavy atom. The highest BCUT2D eigenvalue weighted by Crippen LogP contribution is 2.32. The normalized spacial score (nSPS) is 18.6. The highest BCUT2D eigenvalue weighted by molar-refractivity contribution is 5.76. The summed E-state index contributed by atoms with van der Waals surface area (Å²) < 4.78 is 7.31. The summed E-state index contributed by atoms with van der Waals surface area (Å²) in [5, 5.41) is 13.7. The van der Waals surface area contributed by atoms with Crippen molar-refractivity contribution in [2.24, 2.45) is 7.05 Å². The molecule has 110 valence electrons. The summed E-state index contributed by atoms with van der Waals surface area (Å²) in [7, 11) is 1.79. The second kappa shape index (κ2) is 5.53. The number of para-hydroxylation sites is 1. The number of rotatable bonds is 3. The van der Waals surface area contributed by atoms with E-state index in [0.29, 0.717) is 31.0 Å². The van der Waals surface area contributed by atoms with E-state index in [1.165, 1.54) is 6.33 Å². The van der Waals surface area contributed by atoms with E-state index in [-0.39, 0.29) is 0 Å². The van der Waals surface area contributed by atoms with E-state index in [9.17, 15) is 9.90 Å². The van der Waals surface area contributed by atoms with Crippen LogP contribution in [0.1, 0.15) is 17.4 Å². The van der Waals surface area contributed by atoms with Gasteiger partial charge in [0.1, 0.15) is 30.5 Å². The second-order valence-corrected chi connectivity index (χ2v) is 4.90. The number of carboxylic acids is 1. The van der Waals surface area contributed by atoms with E-state index in [4.69, 9.17) is 4.74 Å². The zero-order valence-electron chi connectivity index (χ0n) is 11.6. The van der Waals surface area contributed by atoms with Gasteiger partial charge in [0.05, 0.1) is 6.54 Å². The van der Waals surface area contributed by atoms with Crippen molar-refractivity contribution in [2.75, 3.05) is 13.2 Å². The quantitative estimate of drug-likeness (QED) is 0.901. The van der Waals surface area contributed by atoms with Crippen LogP contribution in [0.4, 0.5) is 0 Å². The van der Waals surface area contributed by atoms with Crippen molar-refractivity contribution in [3.8, 4) is 5.75 Å². The fourth-order valence-electron chi connectivity index (χ4n) is 2.54. The summed E-state index contributed by atoms with van der Waals surface area (Å²) in [4.78, 5) is 17.8. The van der Waals surface area contributed by atoms with Crippen molar-refractivity contribution in [3.63, 3.8) is 0 Å². The molecule has 0 radical (unpaired) electrons. The summed E-state index contributed by atoms with van der Waals surface area (Å²) in [6, 6.07) is 6.51. The Balaban J connectivity index is 1.96. The van der Waals surface area contributed by atoms with Crippen molar-refractivity contribution in [3.05, 3.63) is 42.0 Å². The Morgan fingerprint density at radius 2 is 2.29 bits per heavy atom. The number of ether oxygens (including phenoxy) is 1. The maximum atomic E-state index is 11.8. The summed E-state index contributed by atoms with van der Waals surface area (Å²) in [6.45, 7) is 1.36. The van der Waals surface area contributed by atoms with Crippen molar-refractivity contribution in [1.29, 1.82) is 0 Å². The number of aryl methyl sites for hydroxylation is 1. The van der Waals surface area contributed by atoms with Crippen molar-refractivity contribution < 1.29 is 14.6 Å². The maximum absolute atomic E-state index is 11.8. The molecule has 0 saturated carbocycles. The average molecular weight is 288 g/mol. The molecule has 0 amide bonds. The number of carboxylic acid groups (broad SMARTS) is 1. The predicted octanol–water partition coefficient (Wildman–Crippen LogP) is 0.835. The van der Waals surface area contributed by atoms with Crippen molar-refractivity contribution >= 4 is 5.97 Å². The van der Waals surface area contributed by atoms with Gasteiger partial charge >= 0.3 is 5.97 Å². The van der Waals surface area contributed by atoms with Crippen molar-refractivity contribution in [2.45, 2.75) is 12.6 Å². The molecule has 2 heterocycles. The fraction of sp³-hybridized carbons (Fsp3) is 0.357. The van der Waals surface area contributed by atoms with Crippen LogP contribution in [0.15, 0.2) is 30.6 Å². The molecular weight excluding hydrogens is 272 g/mol. The molecule has 2 aromatic rings. The van der Waals surface area contributed by atoms with Crippen LogP contribution in [0.25, 0.3) is 0 Å². The molecule has 3 rings (SSSR count). The summed E-state index contributed by atoms with van der Waals surface area (Å²) in [5.74, 6) is 0.459. The lowest BCUT2D eigenvalue weighted by atomic mass is 10.0. The topological polar surface area (TPSA) is 80.5 Å². The molecule has 1 aromatic carbocycles. The molecule has 0 spiro atoms. The average Bonchev–Trinajstić information content (AvgIpc) is 2.76. The molecule has 1 aliphatic heterocycles. The van der Waals surface area contributed by atoms with Gasteiger partial charge in [-0.05, 0) is 6.07 Å². The Labute approximate surface area is 121 Å². The monoisotopic (exact) mass is 288 g/mol. The first-order chi connectivity index (χ1) is 10.2. The van der Waals surface area contributed by atoms with E-state index in [0.717, 1.165) is 5.82 Å². The van der Waals surface area contributed by atoms with Crippen LogP contribution in [0.2, 0.25) is 0 Å². The van der Waals surface area contributed by atoms with Crippen LogP contribution >= 0.6 is 0 Å². The van der Waals surface area contributed by atoms with Crippen LogP contribution in [0.3, 0.4) is 0 Å². The third-order valence-electron chi connectivity index (χ3n) is 3.60. The van der Waals surface area contributed by atoms with Crippen LogP contribution in [0.5, 0.6) is 5.75 Å². The summed E-state index contributed by atoms with van der Waals surface area (Å²) >= 11 is 0. The first-order valence-corrected chi connectivity index (χ1v) is 6.68. The lowest BCUT2D eigenvalue weighted by Crippen LogP contribution is -2.35. The molecule has 21 heavy (non-hydrogen) atoms. The number of benzene rings is 1. The van der Waals surface area contributed by atoms with E-state index in [1.54, 1.807) is 23.9 Å². The number of hydrogen-bond donors (Lipinski definition) is 1. The van der Waals surface area contributed by atoms with E-state index >= 15 is 0 Å². The Hall–Kier alpha value is -2.41. The molecule has 1 N–H and O–H groups in total. The van der Waals surface area contributed by atoms with Gasteiger partial charge in [-0.25, -0.2) is 4.98 Å². The van der Waals surface area contributed by atoms with Crippen molar-refractivity contribution in [1.82, 2.24) is 19.7 Å². The molecule has 0 aliphatic carbocycles. The Bertz CT molecular complexity index is 655. The Morgan fingerprint density at radius 1 is 1.48 bits per heavy atom. The van der Waals surface area contributed by atoms with Gasteiger partial charge in [-0.2, -0.15) is 5.10 Å². The Kier molecular flexibility index (Phi) is 3.57. The molecule has 1 aromatic heterocycles. The zero-order valence-corrected chi connectivity index (χ0v) is 11.6. The fourth-order valence-corrected chi connectivity index (χ4v) is 2.54. The standard InChI is InChI=1S/C14H16N4O3/c1-17-12(15-9-16-17)8-18-6-7-21-11-5-3-2-4-10(11)13(18)14(19)20/h2-5,9,13H,6-8H2,1H3,(H,19,20). The minimum atomic E-state index is -0.893. The van der Waals surface area contributed by atoms with Gasteiger partial charge < -0.3 is 9.84 Å². The van der Waals surface area contributed by atoms with Gasteiger partial charge in [0.25, 0.3) is 0 Å². The molecule has 1 unspecified atom stereocenters.